The molecule has 35 heavy (non-hydrogen) atoms. The number of aromatic nitrogens is 6. The molecule has 0 saturated carbocycles. The number of aromatic amines is 1. The van der Waals surface area contributed by atoms with Crippen LogP contribution in [0.3, 0.4) is 0 Å². The van der Waals surface area contributed by atoms with Crippen molar-refractivity contribution in [2.45, 2.75) is 19.0 Å². The Labute approximate surface area is 194 Å². The van der Waals surface area contributed by atoms with Gasteiger partial charge in [0.1, 0.15) is 23.7 Å². The molecule has 1 atom stereocenters. The first-order chi connectivity index (χ1) is 16.6. The normalized spacial score (nSPS) is 13.1. The number of alkyl halides is 3. The monoisotopic (exact) mass is 489 g/mol. The smallest absolute Gasteiger partial charge is 0.382 e. The van der Waals surface area contributed by atoms with Gasteiger partial charge in [-0.2, -0.15) is 13.2 Å². The number of hydrogen-bond acceptors (Lipinski definition) is 5. The molecule has 0 saturated heterocycles. The van der Waals surface area contributed by atoms with E-state index in [0.717, 1.165) is 35.5 Å². The summed E-state index contributed by atoms with van der Waals surface area (Å²) in [5.74, 6) is -3.41. The molecule has 180 valence electrons. The molecule has 3 aromatic heterocycles. The van der Waals surface area contributed by atoms with Gasteiger partial charge in [-0.25, -0.2) is 28.4 Å². The fourth-order valence-corrected chi connectivity index (χ4v) is 3.31. The van der Waals surface area contributed by atoms with Gasteiger partial charge in [0, 0.05) is 41.2 Å². The fourth-order valence-electron chi connectivity index (χ4n) is 3.31. The highest BCUT2D eigenvalue weighted by Gasteiger charge is 2.34. The van der Waals surface area contributed by atoms with Gasteiger partial charge in [0.05, 0.1) is 17.6 Å². The quantitative estimate of drug-likeness (QED) is 0.215. The lowest BCUT2D eigenvalue weighted by atomic mass is 10.0. The van der Waals surface area contributed by atoms with E-state index in [1.54, 1.807) is 13.0 Å². The molecule has 0 aliphatic rings. The molecule has 0 bridgehead atoms. The molecule has 0 aliphatic carbocycles. The number of nitrogens with zero attached hydrogens (tertiary/aromatic N) is 6. The first kappa shape index (κ1) is 23.7. The van der Waals surface area contributed by atoms with E-state index >= 15 is 0 Å². The molecule has 3 heterocycles. The van der Waals surface area contributed by atoms with Crippen LogP contribution in [-0.4, -0.2) is 42.1 Å². The predicted molar refractivity (Wildman–Crippen MR) is 115 cm³/mol. The third-order valence-electron chi connectivity index (χ3n) is 5.09. The molecule has 1 unspecified atom stereocenters. The minimum absolute atomic E-state index is 0.00511. The van der Waals surface area contributed by atoms with E-state index in [4.69, 9.17) is 11.1 Å². The van der Waals surface area contributed by atoms with Crippen LogP contribution in [-0.2, 0) is 6.18 Å². The highest BCUT2D eigenvalue weighted by atomic mass is 19.4. The van der Waals surface area contributed by atoms with Crippen LogP contribution in [0, 0.1) is 17.0 Å². The zero-order chi connectivity index (χ0) is 25.3. The summed E-state index contributed by atoms with van der Waals surface area (Å²) in [5, 5.41) is 15.1. The number of benzene rings is 1. The lowest BCUT2D eigenvalue weighted by Crippen LogP contribution is -2.15. The van der Waals surface area contributed by atoms with E-state index in [-0.39, 0.29) is 22.8 Å². The van der Waals surface area contributed by atoms with E-state index < -0.39 is 29.6 Å². The molecule has 0 amide bonds. The van der Waals surface area contributed by atoms with Gasteiger partial charge < -0.3 is 10.7 Å². The Kier molecular flexibility index (Phi) is 6.11. The Balaban J connectivity index is 1.72. The average molecular weight is 489 g/mol. The highest BCUT2D eigenvalue weighted by molar-refractivity contribution is 6.04. The van der Waals surface area contributed by atoms with Gasteiger partial charge in [0.25, 0.3) is 0 Å². The topological polar surface area (TPSA) is 135 Å². The first-order valence-corrected chi connectivity index (χ1v) is 9.91. The fraction of sp³-hybridized carbons (Fsp3) is 0.143. The van der Waals surface area contributed by atoms with Gasteiger partial charge in [-0.1, -0.05) is 12.1 Å². The summed E-state index contributed by atoms with van der Waals surface area (Å²) < 4.78 is 67.0. The summed E-state index contributed by atoms with van der Waals surface area (Å²) >= 11 is 0. The van der Waals surface area contributed by atoms with Gasteiger partial charge in [-0.15, -0.1) is 5.10 Å². The van der Waals surface area contributed by atoms with Gasteiger partial charge in [-0.3, -0.25) is 5.41 Å². The molecule has 14 heteroatoms. The van der Waals surface area contributed by atoms with Gasteiger partial charge >= 0.3 is 6.18 Å². The number of halogens is 5. The van der Waals surface area contributed by atoms with Crippen molar-refractivity contribution in [3.63, 3.8) is 0 Å². The Morgan fingerprint density at radius 3 is 2.54 bits per heavy atom. The Bertz CT molecular complexity index is 1400. The van der Waals surface area contributed by atoms with Crippen LogP contribution < -0.4 is 5.73 Å². The van der Waals surface area contributed by atoms with Crippen LogP contribution in [0.25, 0.3) is 16.8 Å². The van der Waals surface area contributed by atoms with Crippen molar-refractivity contribution < 1.29 is 22.0 Å². The Morgan fingerprint density at radius 1 is 1.20 bits per heavy atom. The van der Waals surface area contributed by atoms with E-state index in [1.807, 2.05) is 0 Å². The molecular weight excluding hydrogens is 473 g/mol. The molecule has 0 aliphatic heterocycles. The van der Waals surface area contributed by atoms with E-state index in [2.05, 4.69) is 30.3 Å². The first-order valence-electron chi connectivity index (χ1n) is 9.91. The van der Waals surface area contributed by atoms with Crippen LogP contribution in [0.2, 0.25) is 0 Å². The minimum atomic E-state index is -4.70. The summed E-state index contributed by atoms with van der Waals surface area (Å²) in [6.07, 6.45) is -0.521. The largest absolute Gasteiger partial charge is 0.451 e. The lowest BCUT2D eigenvalue weighted by molar-refractivity contribution is -0.144. The number of nitrogens with one attached hydrogen (secondary N) is 2. The number of amidine groups is 1. The van der Waals surface area contributed by atoms with E-state index in [0.29, 0.717) is 17.0 Å². The molecule has 0 spiro atoms. The second-order valence-corrected chi connectivity index (χ2v) is 7.36. The molecular formula is C21H16F5N9. The maximum atomic E-state index is 14.1. The molecule has 0 radical (unpaired) electrons. The minimum Gasteiger partial charge on any atom is -0.382 e. The third kappa shape index (κ3) is 4.76. The number of H-pyrrole nitrogens is 1. The van der Waals surface area contributed by atoms with Gasteiger partial charge in [0.2, 0.25) is 5.82 Å². The second-order valence-electron chi connectivity index (χ2n) is 7.36. The summed E-state index contributed by atoms with van der Waals surface area (Å²) in [6.45, 7) is 1.75. The molecule has 4 aromatic rings. The van der Waals surface area contributed by atoms with Crippen molar-refractivity contribution in [2.24, 2.45) is 10.7 Å². The van der Waals surface area contributed by atoms with Crippen LogP contribution in [0.5, 0.6) is 0 Å². The SMILES string of the molecule is CC(c1cn(-c2ccc(F)cc2F)nn1)c1cc(-c2cnc(C(F)(F)F)nc2)c(/C(N)=N\C=N)[nH]1. The number of rotatable bonds is 6. The van der Waals surface area contributed by atoms with Crippen molar-refractivity contribution in [3.8, 4) is 16.8 Å². The van der Waals surface area contributed by atoms with Crippen molar-refractivity contribution in [1.29, 1.82) is 5.41 Å². The van der Waals surface area contributed by atoms with E-state index in [9.17, 15) is 22.0 Å². The van der Waals surface area contributed by atoms with Crippen LogP contribution >= 0.6 is 0 Å². The maximum absolute atomic E-state index is 14.1. The summed E-state index contributed by atoms with van der Waals surface area (Å²) in [6, 6.07) is 4.64. The van der Waals surface area contributed by atoms with Crippen molar-refractivity contribution in [3.05, 3.63) is 77.4 Å². The molecule has 0 fully saturated rings. The van der Waals surface area contributed by atoms with Crippen molar-refractivity contribution in [2.75, 3.05) is 0 Å². The van der Waals surface area contributed by atoms with E-state index in [1.165, 1.54) is 12.3 Å². The zero-order valence-corrected chi connectivity index (χ0v) is 17.8. The molecule has 9 nitrogen and oxygen atoms in total. The maximum Gasteiger partial charge on any atom is 0.451 e. The lowest BCUT2D eigenvalue weighted by Gasteiger charge is -2.06. The highest BCUT2D eigenvalue weighted by Crippen LogP contribution is 2.32. The molecule has 4 rings (SSSR count). The number of aliphatic imine (C=N–C) groups is 1. The van der Waals surface area contributed by atoms with Crippen LogP contribution in [0.4, 0.5) is 22.0 Å². The van der Waals surface area contributed by atoms with Crippen molar-refractivity contribution >= 4 is 12.2 Å². The Hall–Kier alpha value is -4.49. The zero-order valence-electron chi connectivity index (χ0n) is 17.8. The number of hydrogen-bond donors (Lipinski definition) is 3. The summed E-state index contributed by atoms with van der Waals surface area (Å²) in [5.41, 5.74) is 7.67. The van der Waals surface area contributed by atoms with Gasteiger partial charge in [0.15, 0.2) is 5.82 Å². The molecule has 4 N–H and O–H groups in total. The standard InChI is InChI=1S/C21H16F5N9/c1-10(16-8-35(34-33-16)17-3-2-12(22)4-14(17)23)15-5-13(18(32-15)19(28)31-9-27)11-6-29-20(30-7-11)21(24,25)26/h2-10,32H,1H3,(H3,27,28,31). The average Bonchev–Trinajstić information content (AvgIpc) is 3.46. The third-order valence-corrected chi connectivity index (χ3v) is 5.09. The predicted octanol–water partition coefficient (Wildman–Crippen LogP) is 3.81. The molecule has 1 aromatic carbocycles. The Morgan fingerprint density at radius 2 is 1.91 bits per heavy atom. The van der Waals surface area contributed by atoms with Crippen LogP contribution in [0.15, 0.2) is 47.8 Å². The summed E-state index contributed by atoms with van der Waals surface area (Å²) in [4.78, 5) is 13.5. The second kappa shape index (κ2) is 9.04. The summed E-state index contributed by atoms with van der Waals surface area (Å²) in [7, 11) is 0. The number of nitrogens with two attached hydrogens (primary N) is 1. The van der Waals surface area contributed by atoms with Crippen LogP contribution in [0.1, 0.15) is 35.7 Å². The van der Waals surface area contributed by atoms with Gasteiger partial charge in [-0.05, 0) is 18.2 Å². The van der Waals surface area contributed by atoms with Crippen molar-refractivity contribution in [1.82, 2.24) is 29.9 Å².